The van der Waals surface area contributed by atoms with Crippen molar-refractivity contribution in [2.75, 3.05) is 19.6 Å². The van der Waals surface area contributed by atoms with E-state index in [4.69, 9.17) is 0 Å². The van der Waals surface area contributed by atoms with Gasteiger partial charge >= 0.3 is 0 Å². The molecule has 1 aliphatic heterocycles. The molecule has 3 rings (SSSR count). The third kappa shape index (κ3) is 3.84. The van der Waals surface area contributed by atoms with Gasteiger partial charge in [-0.25, -0.2) is 5.01 Å². The van der Waals surface area contributed by atoms with Crippen molar-refractivity contribution in [3.05, 3.63) is 48.0 Å². The van der Waals surface area contributed by atoms with E-state index in [0.29, 0.717) is 13.1 Å². The number of carbonyl (C=O) groups excluding carboxylic acids is 1. The van der Waals surface area contributed by atoms with Gasteiger partial charge in [-0.15, -0.1) is 0 Å². The van der Waals surface area contributed by atoms with Crippen molar-refractivity contribution in [2.45, 2.75) is 25.8 Å². The first-order valence-electron chi connectivity index (χ1n) is 8.05. The van der Waals surface area contributed by atoms with Crippen LogP contribution in [0.5, 0.6) is 0 Å². The molecule has 0 radical (unpaired) electrons. The molecule has 0 spiro atoms. The normalized spacial score (nSPS) is 15.8. The van der Waals surface area contributed by atoms with Gasteiger partial charge in [0.1, 0.15) is 0 Å². The summed E-state index contributed by atoms with van der Waals surface area (Å²) in [7, 11) is 0. The Bertz CT molecular complexity index is 630. The number of rotatable bonds is 5. The number of hydrogen-bond donors (Lipinski definition) is 2. The molecule has 4 nitrogen and oxygen atoms in total. The van der Waals surface area contributed by atoms with E-state index in [2.05, 4.69) is 47.1 Å². The molecule has 2 aromatic carbocycles. The molecule has 1 amide bonds. The van der Waals surface area contributed by atoms with Crippen molar-refractivity contribution in [1.29, 1.82) is 0 Å². The Hall–Kier alpha value is -1.91. The summed E-state index contributed by atoms with van der Waals surface area (Å²) in [5.74, 6) is 0.0436. The molecule has 0 bridgehead atoms. The molecule has 0 aromatic heterocycles. The molecule has 0 atom stereocenters. The maximum absolute atomic E-state index is 11.9. The number of amides is 1. The quantitative estimate of drug-likeness (QED) is 0.891. The van der Waals surface area contributed by atoms with Gasteiger partial charge in [0.25, 0.3) is 0 Å². The Kier molecular flexibility index (Phi) is 5.03. The fourth-order valence-electron chi connectivity index (χ4n) is 2.98. The zero-order valence-corrected chi connectivity index (χ0v) is 12.8. The standard InChI is InChI=1S/C18H23N3O/c22-18(20-21-11-4-1-5-12-21)14-19-13-16-9-6-8-15-7-2-3-10-17(15)16/h2-3,6-10,19H,1,4-5,11-14H2,(H,20,22). The highest BCUT2D eigenvalue weighted by atomic mass is 16.2. The highest BCUT2D eigenvalue weighted by Crippen LogP contribution is 2.18. The molecule has 116 valence electrons. The van der Waals surface area contributed by atoms with Crippen LogP contribution >= 0.6 is 0 Å². The third-order valence-corrected chi connectivity index (χ3v) is 4.12. The summed E-state index contributed by atoms with van der Waals surface area (Å²) in [6.07, 6.45) is 3.61. The molecule has 2 N–H and O–H groups in total. The van der Waals surface area contributed by atoms with Gasteiger partial charge < -0.3 is 5.32 Å². The zero-order chi connectivity index (χ0) is 15.2. The van der Waals surface area contributed by atoms with Crippen LogP contribution in [-0.4, -0.2) is 30.6 Å². The van der Waals surface area contributed by atoms with Crippen molar-refractivity contribution >= 4 is 16.7 Å². The Morgan fingerprint density at radius 3 is 2.64 bits per heavy atom. The zero-order valence-electron chi connectivity index (χ0n) is 12.8. The van der Waals surface area contributed by atoms with Crippen LogP contribution in [0.4, 0.5) is 0 Å². The second-order valence-corrected chi connectivity index (χ2v) is 5.82. The predicted octanol–water partition coefficient (Wildman–Crippen LogP) is 2.45. The van der Waals surface area contributed by atoms with Crippen LogP contribution in [0.15, 0.2) is 42.5 Å². The first kappa shape index (κ1) is 15.0. The second kappa shape index (κ2) is 7.38. The predicted molar refractivity (Wildman–Crippen MR) is 89.2 cm³/mol. The van der Waals surface area contributed by atoms with Gasteiger partial charge in [-0.2, -0.15) is 0 Å². The molecule has 4 heteroatoms. The van der Waals surface area contributed by atoms with Gasteiger partial charge in [-0.05, 0) is 29.2 Å². The van der Waals surface area contributed by atoms with E-state index in [1.807, 2.05) is 11.1 Å². The molecule has 0 aliphatic carbocycles. The Labute approximate surface area is 131 Å². The first-order valence-corrected chi connectivity index (χ1v) is 8.05. The van der Waals surface area contributed by atoms with Crippen molar-refractivity contribution in [3.8, 4) is 0 Å². The summed E-state index contributed by atoms with van der Waals surface area (Å²) in [6, 6.07) is 14.6. The highest BCUT2D eigenvalue weighted by Gasteiger charge is 2.12. The number of carbonyl (C=O) groups is 1. The Morgan fingerprint density at radius 1 is 1.00 bits per heavy atom. The minimum absolute atomic E-state index is 0.0436. The fraction of sp³-hybridized carbons (Fsp3) is 0.389. The third-order valence-electron chi connectivity index (χ3n) is 4.12. The molecule has 22 heavy (non-hydrogen) atoms. The topological polar surface area (TPSA) is 44.4 Å². The van der Waals surface area contributed by atoms with Crippen LogP contribution in [0.2, 0.25) is 0 Å². The van der Waals surface area contributed by atoms with E-state index in [0.717, 1.165) is 13.1 Å². The van der Waals surface area contributed by atoms with Crippen molar-refractivity contribution in [2.24, 2.45) is 0 Å². The molecule has 0 saturated carbocycles. The van der Waals surface area contributed by atoms with Gasteiger partial charge in [0.2, 0.25) is 5.91 Å². The van der Waals surface area contributed by atoms with Crippen LogP contribution in [0.3, 0.4) is 0 Å². The summed E-state index contributed by atoms with van der Waals surface area (Å²) in [5, 5.41) is 7.76. The number of hydrazine groups is 1. The number of fused-ring (bicyclic) bond motifs is 1. The molecule has 1 fully saturated rings. The fourth-order valence-corrected chi connectivity index (χ4v) is 2.98. The number of benzene rings is 2. The first-order chi connectivity index (χ1) is 10.8. The average Bonchev–Trinajstić information content (AvgIpc) is 2.56. The van der Waals surface area contributed by atoms with E-state index in [1.165, 1.54) is 35.6 Å². The van der Waals surface area contributed by atoms with Crippen LogP contribution in [0.25, 0.3) is 10.8 Å². The van der Waals surface area contributed by atoms with Crippen molar-refractivity contribution in [1.82, 2.24) is 15.8 Å². The monoisotopic (exact) mass is 297 g/mol. The van der Waals surface area contributed by atoms with Gasteiger partial charge in [0.15, 0.2) is 0 Å². The molecule has 1 heterocycles. The molecule has 0 unspecified atom stereocenters. The van der Waals surface area contributed by atoms with Gasteiger partial charge in [-0.3, -0.25) is 10.2 Å². The van der Waals surface area contributed by atoms with Crippen molar-refractivity contribution in [3.63, 3.8) is 0 Å². The summed E-state index contributed by atoms with van der Waals surface area (Å²) in [5.41, 5.74) is 4.20. The molecule has 1 saturated heterocycles. The number of nitrogens with one attached hydrogen (secondary N) is 2. The molecule has 1 aliphatic rings. The summed E-state index contributed by atoms with van der Waals surface area (Å²) in [4.78, 5) is 11.9. The lowest BCUT2D eigenvalue weighted by molar-refractivity contribution is -0.125. The number of hydrogen-bond acceptors (Lipinski definition) is 3. The van der Waals surface area contributed by atoms with Crippen LogP contribution in [0, 0.1) is 0 Å². The van der Waals surface area contributed by atoms with Gasteiger partial charge in [0.05, 0.1) is 6.54 Å². The smallest absolute Gasteiger partial charge is 0.248 e. The SMILES string of the molecule is O=C(CNCc1cccc2ccccc12)NN1CCCCC1. The van der Waals surface area contributed by atoms with Crippen LogP contribution in [0.1, 0.15) is 24.8 Å². The Morgan fingerprint density at radius 2 is 1.77 bits per heavy atom. The van der Waals surface area contributed by atoms with E-state index < -0.39 is 0 Å². The Balaban J connectivity index is 1.50. The summed E-state index contributed by atoms with van der Waals surface area (Å²) >= 11 is 0. The molecular formula is C18H23N3O. The maximum atomic E-state index is 11.9. The molecule has 2 aromatic rings. The summed E-state index contributed by atoms with van der Waals surface area (Å²) in [6.45, 7) is 2.98. The lowest BCUT2D eigenvalue weighted by Gasteiger charge is -2.26. The minimum Gasteiger partial charge on any atom is -0.304 e. The van der Waals surface area contributed by atoms with E-state index in [1.54, 1.807) is 0 Å². The summed E-state index contributed by atoms with van der Waals surface area (Å²) < 4.78 is 0. The van der Waals surface area contributed by atoms with E-state index >= 15 is 0 Å². The minimum atomic E-state index is 0.0436. The lowest BCUT2D eigenvalue weighted by Crippen LogP contribution is -2.47. The second-order valence-electron chi connectivity index (χ2n) is 5.82. The molecular weight excluding hydrogens is 274 g/mol. The lowest BCUT2D eigenvalue weighted by atomic mass is 10.0. The van der Waals surface area contributed by atoms with Crippen molar-refractivity contribution < 1.29 is 4.79 Å². The van der Waals surface area contributed by atoms with Crippen LogP contribution < -0.4 is 10.7 Å². The van der Waals surface area contributed by atoms with Gasteiger partial charge in [0, 0.05) is 19.6 Å². The van der Waals surface area contributed by atoms with E-state index in [-0.39, 0.29) is 5.91 Å². The maximum Gasteiger partial charge on any atom is 0.248 e. The van der Waals surface area contributed by atoms with Crippen LogP contribution in [-0.2, 0) is 11.3 Å². The number of piperidine rings is 1. The van der Waals surface area contributed by atoms with Gasteiger partial charge in [-0.1, -0.05) is 48.9 Å². The van der Waals surface area contributed by atoms with E-state index in [9.17, 15) is 4.79 Å². The average molecular weight is 297 g/mol. The highest BCUT2D eigenvalue weighted by molar-refractivity contribution is 5.85. The number of nitrogens with zero attached hydrogens (tertiary/aromatic N) is 1. The largest absolute Gasteiger partial charge is 0.304 e.